The third-order valence-electron chi connectivity index (χ3n) is 4.43. The predicted octanol–water partition coefficient (Wildman–Crippen LogP) is 3.64. The number of halogens is 3. The van der Waals surface area contributed by atoms with Crippen LogP contribution in [-0.2, 0) is 0 Å². The van der Waals surface area contributed by atoms with Gasteiger partial charge in [-0.15, -0.1) is 0 Å². The molecule has 4 nitrogen and oxygen atoms in total. The molecule has 7 heteroatoms. The maximum Gasteiger partial charge on any atom is 0.401 e. The Morgan fingerprint density at radius 3 is 2.56 bits per heavy atom. The summed E-state index contributed by atoms with van der Waals surface area (Å²) in [6.07, 6.45) is 0.158. The average molecular weight is 365 g/mol. The van der Waals surface area contributed by atoms with Crippen LogP contribution >= 0.6 is 0 Å². The Morgan fingerprint density at radius 2 is 1.96 bits per heavy atom. The summed E-state index contributed by atoms with van der Waals surface area (Å²) < 4.78 is 37.4. The van der Waals surface area contributed by atoms with E-state index in [4.69, 9.17) is 0 Å². The monoisotopic (exact) mass is 364 g/mol. The number of nitrogens with one attached hydrogen (secondary N) is 2. The number of likely N-dealkylation sites (tertiary alicyclic amines) is 1. The zero-order chi connectivity index (χ0) is 18.9. The van der Waals surface area contributed by atoms with Crippen LogP contribution in [-0.4, -0.2) is 55.8 Å². The first kappa shape index (κ1) is 22.1. The zero-order valence-corrected chi connectivity index (χ0v) is 16.1. The number of alkyl halides is 3. The van der Waals surface area contributed by atoms with Crippen molar-refractivity contribution in [3.63, 3.8) is 0 Å². The summed E-state index contributed by atoms with van der Waals surface area (Å²) in [4.78, 5) is 6.08. The molecule has 2 N–H and O–H groups in total. The van der Waals surface area contributed by atoms with E-state index in [1.807, 2.05) is 6.92 Å². The van der Waals surface area contributed by atoms with Crippen LogP contribution in [0, 0.1) is 11.8 Å². The number of hydrogen-bond acceptors (Lipinski definition) is 2. The molecule has 2 unspecified atom stereocenters. The fourth-order valence-corrected chi connectivity index (χ4v) is 3.14. The molecule has 0 aromatic heterocycles. The summed E-state index contributed by atoms with van der Waals surface area (Å²) >= 11 is 0. The second-order valence-corrected chi connectivity index (χ2v) is 7.59. The van der Waals surface area contributed by atoms with E-state index in [0.717, 1.165) is 31.3 Å². The molecule has 0 aromatic rings. The molecule has 1 aliphatic heterocycles. The molecule has 25 heavy (non-hydrogen) atoms. The van der Waals surface area contributed by atoms with Gasteiger partial charge in [0.05, 0.1) is 6.54 Å². The molecule has 0 radical (unpaired) electrons. The minimum Gasteiger partial charge on any atom is -0.357 e. The highest BCUT2D eigenvalue weighted by molar-refractivity contribution is 5.80. The summed E-state index contributed by atoms with van der Waals surface area (Å²) in [6.45, 7) is 10.1. The van der Waals surface area contributed by atoms with Crippen molar-refractivity contribution in [1.82, 2.24) is 15.5 Å². The molecule has 0 bridgehead atoms. The number of guanidine groups is 1. The van der Waals surface area contributed by atoms with Crippen molar-refractivity contribution in [2.75, 3.05) is 32.7 Å². The SMILES string of the molecule is CCNC(=NCC1CCN(CC(F)(F)F)C1)NC(C)CCCC(C)C. The van der Waals surface area contributed by atoms with Crippen LogP contribution in [0.3, 0.4) is 0 Å². The average Bonchev–Trinajstić information content (AvgIpc) is 2.90. The molecular formula is C18H35F3N4. The molecule has 1 fully saturated rings. The number of aliphatic imine (C=N–C) groups is 1. The van der Waals surface area contributed by atoms with Gasteiger partial charge in [-0.2, -0.15) is 13.2 Å². The third kappa shape index (κ3) is 10.6. The van der Waals surface area contributed by atoms with Crippen LogP contribution in [0.1, 0.15) is 53.4 Å². The summed E-state index contributed by atoms with van der Waals surface area (Å²) in [5.41, 5.74) is 0. The van der Waals surface area contributed by atoms with Crippen LogP contribution in [0.25, 0.3) is 0 Å². The molecule has 2 atom stereocenters. The van der Waals surface area contributed by atoms with Crippen LogP contribution in [0.4, 0.5) is 13.2 Å². The highest BCUT2D eigenvalue weighted by Crippen LogP contribution is 2.22. The van der Waals surface area contributed by atoms with Crippen molar-refractivity contribution in [2.24, 2.45) is 16.8 Å². The number of rotatable bonds is 9. The minimum atomic E-state index is -4.11. The third-order valence-corrected chi connectivity index (χ3v) is 4.43. The lowest BCUT2D eigenvalue weighted by molar-refractivity contribution is -0.143. The Labute approximate surface area is 150 Å². The van der Waals surface area contributed by atoms with Crippen LogP contribution in [0.15, 0.2) is 4.99 Å². The summed E-state index contributed by atoms with van der Waals surface area (Å²) in [7, 11) is 0. The molecule has 0 aliphatic carbocycles. The van der Waals surface area contributed by atoms with Gasteiger partial charge >= 0.3 is 6.18 Å². The topological polar surface area (TPSA) is 39.7 Å². The van der Waals surface area contributed by atoms with E-state index < -0.39 is 12.7 Å². The van der Waals surface area contributed by atoms with Gasteiger partial charge in [0, 0.05) is 25.7 Å². The van der Waals surface area contributed by atoms with Crippen LogP contribution in [0.5, 0.6) is 0 Å². The first-order valence-electron chi connectivity index (χ1n) is 9.53. The fourth-order valence-electron chi connectivity index (χ4n) is 3.14. The Morgan fingerprint density at radius 1 is 1.24 bits per heavy atom. The van der Waals surface area contributed by atoms with Crippen molar-refractivity contribution in [2.45, 2.75) is 65.6 Å². The van der Waals surface area contributed by atoms with E-state index in [0.29, 0.717) is 25.7 Å². The fraction of sp³-hybridized carbons (Fsp3) is 0.944. The van der Waals surface area contributed by atoms with E-state index >= 15 is 0 Å². The highest BCUT2D eigenvalue weighted by Gasteiger charge is 2.34. The Bertz CT molecular complexity index is 396. The van der Waals surface area contributed by atoms with Gasteiger partial charge in [0.25, 0.3) is 0 Å². The number of hydrogen-bond donors (Lipinski definition) is 2. The molecule has 0 amide bonds. The van der Waals surface area contributed by atoms with Gasteiger partial charge in [0.1, 0.15) is 0 Å². The van der Waals surface area contributed by atoms with Crippen LogP contribution in [0.2, 0.25) is 0 Å². The molecule has 0 saturated carbocycles. The Kier molecular flexibility index (Phi) is 9.61. The van der Waals surface area contributed by atoms with Gasteiger partial charge in [0.2, 0.25) is 0 Å². The standard InChI is InChI=1S/C18H35F3N4/c1-5-22-17(24-15(4)8-6-7-14(2)3)23-11-16-9-10-25(12-16)13-18(19,20)21/h14-16H,5-13H2,1-4H3,(H2,22,23,24). The molecule has 1 aliphatic rings. The highest BCUT2D eigenvalue weighted by atomic mass is 19.4. The lowest BCUT2D eigenvalue weighted by Crippen LogP contribution is -2.42. The summed E-state index contributed by atoms with van der Waals surface area (Å²) in [6, 6.07) is 0.335. The van der Waals surface area contributed by atoms with Crippen molar-refractivity contribution in [3.8, 4) is 0 Å². The maximum atomic E-state index is 12.5. The number of nitrogens with zero attached hydrogens (tertiary/aromatic N) is 2. The molecule has 1 heterocycles. The van der Waals surface area contributed by atoms with Gasteiger partial charge in [0.15, 0.2) is 5.96 Å². The van der Waals surface area contributed by atoms with Crippen molar-refractivity contribution in [1.29, 1.82) is 0 Å². The second-order valence-electron chi connectivity index (χ2n) is 7.59. The molecule has 1 saturated heterocycles. The van der Waals surface area contributed by atoms with E-state index in [9.17, 15) is 13.2 Å². The lowest BCUT2D eigenvalue weighted by Gasteiger charge is -2.19. The van der Waals surface area contributed by atoms with E-state index in [1.165, 1.54) is 17.7 Å². The maximum absolute atomic E-state index is 12.5. The molecule has 0 aromatic carbocycles. The van der Waals surface area contributed by atoms with Crippen molar-refractivity contribution < 1.29 is 13.2 Å². The summed E-state index contributed by atoms with van der Waals surface area (Å²) in [5.74, 6) is 1.69. The first-order chi connectivity index (χ1) is 11.7. The zero-order valence-electron chi connectivity index (χ0n) is 16.1. The largest absolute Gasteiger partial charge is 0.401 e. The second kappa shape index (κ2) is 10.9. The molecule has 1 rings (SSSR count). The predicted molar refractivity (Wildman–Crippen MR) is 97.9 cm³/mol. The van der Waals surface area contributed by atoms with Gasteiger partial charge in [-0.25, -0.2) is 0 Å². The minimum absolute atomic E-state index is 0.203. The summed E-state index contributed by atoms with van der Waals surface area (Å²) in [5, 5.41) is 6.64. The van der Waals surface area contributed by atoms with Gasteiger partial charge in [-0.3, -0.25) is 9.89 Å². The quantitative estimate of drug-likeness (QED) is 0.485. The van der Waals surface area contributed by atoms with E-state index in [-0.39, 0.29) is 5.92 Å². The van der Waals surface area contributed by atoms with Gasteiger partial charge < -0.3 is 10.6 Å². The van der Waals surface area contributed by atoms with Gasteiger partial charge in [-0.05, 0) is 45.1 Å². The Balaban J connectivity index is 2.40. The normalized spacial score (nSPS) is 21.0. The van der Waals surface area contributed by atoms with E-state index in [1.54, 1.807) is 0 Å². The smallest absolute Gasteiger partial charge is 0.357 e. The molecule has 0 spiro atoms. The molecular weight excluding hydrogens is 329 g/mol. The van der Waals surface area contributed by atoms with E-state index in [2.05, 4.69) is 36.4 Å². The Hall–Kier alpha value is -0.980. The first-order valence-corrected chi connectivity index (χ1v) is 9.53. The van der Waals surface area contributed by atoms with Crippen molar-refractivity contribution >= 4 is 5.96 Å². The van der Waals surface area contributed by atoms with Crippen LogP contribution < -0.4 is 10.6 Å². The van der Waals surface area contributed by atoms with Crippen molar-refractivity contribution in [3.05, 3.63) is 0 Å². The molecule has 148 valence electrons. The lowest BCUT2D eigenvalue weighted by atomic mass is 10.0. The van der Waals surface area contributed by atoms with Gasteiger partial charge in [-0.1, -0.05) is 26.7 Å².